The molecule has 1 aliphatic carbocycles. The van der Waals surface area contributed by atoms with Crippen LogP contribution < -0.4 is 4.90 Å². The highest BCUT2D eigenvalue weighted by Gasteiger charge is 2.74. The molecule has 2 aliphatic heterocycles. The lowest BCUT2D eigenvalue weighted by molar-refractivity contribution is -0.127. The zero-order chi connectivity index (χ0) is 23.8. The van der Waals surface area contributed by atoms with Crippen LogP contribution in [0.15, 0.2) is 77.3 Å². The number of halogens is 2. The van der Waals surface area contributed by atoms with Crippen molar-refractivity contribution in [3.63, 3.8) is 0 Å². The van der Waals surface area contributed by atoms with Gasteiger partial charge in [-0.1, -0.05) is 63.9 Å². The lowest BCUT2D eigenvalue weighted by Crippen LogP contribution is -2.51. The molecular weight excluding hydrogens is 522 g/mol. The van der Waals surface area contributed by atoms with Gasteiger partial charge in [-0.2, -0.15) is 0 Å². The van der Waals surface area contributed by atoms with Crippen molar-refractivity contribution < 1.29 is 23.9 Å². The number of nitrogens with zero attached hydrogens (tertiary/aromatic N) is 1. The molecule has 168 valence electrons. The van der Waals surface area contributed by atoms with Crippen LogP contribution in [0.1, 0.15) is 32.4 Å². The van der Waals surface area contributed by atoms with Gasteiger partial charge in [0.15, 0.2) is 0 Å². The van der Waals surface area contributed by atoms with Crippen molar-refractivity contribution in [3.05, 3.63) is 99.0 Å². The molecule has 1 spiro atoms. The maximum atomic E-state index is 13.8. The van der Waals surface area contributed by atoms with E-state index in [9.17, 15) is 19.2 Å². The number of hydrogen-bond donors (Lipinski definition) is 0. The number of imide groups is 1. The molecule has 0 unspecified atom stereocenters. The molecule has 0 bridgehead atoms. The second-order valence-electron chi connectivity index (χ2n) is 8.52. The number of ketones is 2. The Kier molecular flexibility index (Phi) is 4.68. The van der Waals surface area contributed by atoms with E-state index in [-0.39, 0.29) is 11.1 Å². The number of carbonyl (C=O) groups excluding carboxylic acids is 4. The van der Waals surface area contributed by atoms with E-state index < -0.39 is 46.9 Å². The lowest BCUT2D eigenvalue weighted by Gasteiger charge is -2.27. The Morgan fingerprint density at radius 1 is 0.824 bits per heavy atom. The van der Waals surface area contributed by atoms with E-state index in [1.54, 1.807) is 66.7 Å². The van der Waals surface area contributed by atoms with E-state index in [4.69, 9.17) is 16.3 Å². The number of hydrogen-bond acceptors (Lipinski definition) is 5. The molecule has 8 heteroatoms. The lowest BCUT2D eigenvalue weighted by atomic mass is 9.77. The van der Waals surface area contributed by atoms with Gasteiger partial charge in [-0.15, -0.1) is 0 Å². The minimum atomic E-state index is -2.09. The molecule has 0 N–H and O–H groups in total. The molecule has 2 fully saturated rings. The number of carbonyl (C=O) groups is 4. The first-order chi connectivity index (χ1) is 16.3. The number of Topliss-reactive ketones (excluding diaryl/α,β-unsaturated/α-hetero) is 2. The summed E-state index contributed by atoms with van der Waals surface area (Å²) < 4.78 is 7.00. The predicted molar refractivity (Wildman–Crippen MR) is 127 cm³/mol. The van der Waals surface area contributed by atoms with E-state index >= 15 is 0 Å². The van der Waals surface area contributed by atoms with Crippen LogP contribution in [0.25, 0.3) is 0 Å². The van der Waals surface area contributed by atoms with Crippen molar-refractivity contribution in [1.82, 2.24) is 0 Å². The number of anilines is 1. The quantitative estimate of drug-likeness (QED) is 0.347. The van der Waals surface area contributed by atoms with Crippen LogP contribution in [0.5, 0.6) is 0 Å². The molecule has 6 rings (SSSR count). The van der Waals surface area contributed by atoms with Gasteiger partial charge in [-0.25, -0.2) is 4.90 Å². The van der Waals surface area contributed by atoms with E-state index in [2.05, 4.69) is 15.9 Å². The number of ether oxygens (including phenoxy) is 1. The Morgan fingerprint density at radius 3 is 2.09 bits per heavy atom. The van der Waals surface area contributed by atoms with Crippen LogP contribution in [-0.4, -0.2) is 29.0 Å². The molecule has 0 saturated carbocycles. The molecule has 3 aromatic carbocycles. The average Bonchev–Trinajstić information content (AvgIpc) is 3.40. The summed E-state index contributed by atoms with van der Waals surface area (Å²) in [6.45, 7) is 0. The van der Waals surface area contributed by atoms with Gasteiger partial charge in [0.2, 0.25) is 29.0 Å². The highest BCUT2D eigenvalue weighted by atomic mass is 79.9. The zero-order valence-electron chi connectivity index (χ0n) is 17.4. The summed E-state index contributed by atoms with van der Waals surface area (Å²) in [4.78, 5) is 56.0. The van der Waals surface area contributed by atoms with Gasteiger partial charge >= 0.3 is 0 Å². The van der Waals surface area contributed by atoms with Crippen molar-refractivity contribution in [3.8, 4) is 0 Å². The van der Waals surface area contributed by atoms with Crippen LogP contribution in [-0.2, 0) is 14.3 Å². The highest BCUT2D eigenvalue weighted by Crippen LogP contribution is 2.57. The van der Waals surface area contributed by atoms with Crippen molar-refractivity contribution in [2.75, 3.05) is 4.90 Å². The molecule has 2 saturated heterocycles. The summed E-state index contributed by atoms with van der Waals surface area (Å²) in [5.74, 6) is -4.65. The van der Waals surface area contributed by atoms with Crippen LogP contribution in [0, 0.1) is 11.8 Å². The molecule has 2 heterocycles. The molecule has 34 heavy (non-hydrogen) atoms. The summed E-state index contributed by atoms with van der Waals surface area (Å²) in [7, 11) is 0. The molecule has 6 nitrogen and oxygen atoms in total. The third-order valence-electron chi connectivity index (χ3n) is 6.78. The van der Waals surface area contributed by atoms with Crippen molar-refractivity contribution in [2.45, 2.75) is 11.7 Å². The maximum absolute atomic E-state index is 13.8. The monoisotopic (exact) mass is 535 g/mol. The fraction of sp³-hybridized carbons (Fsp3) is 0.154. The molecule has 3 aliphatic rings. The second-order valence-corrected chi connectivity index (χ2v) is 9.88. The second kappa shape index (κ2) is 7.43. The summed E-state index contributed by atoms with van der Waals surface area (Å²) in [5.41, 5.74) is -0.767. The predicted octanol–water partition coefficient (Wildman–Crippen LogP) is 4.80. The number of fused-ring (bicyclic) bond motifs is 3. The first kappa shape index (κ1) is 21.4. The Labute approximate surface area is 207 Å². The van der Waals surface area contributed by atoms with E-state index in [1.165, 1.54) is 0 Å². The van der Waals surface area contributed by atoms with E-state index in [0.29, 0.717) is 16.3 Å². The summed E-state index contributed by atoms with van der Waals surface area (Å²) in [5, 5.41) is 0.450. The first-order valence-corrected chi connectivity index (χ1v) is 11.8. The van der Waals surface area contributed by atoms with Crippen molar-refractivity contribution >= 4 is 56.6 Å². The fourth-order valence-electron chi connectivity index (χ4n) is 5.35. The van der Waals surface area contributed by atoms with Crippen molar-refractivity contribution in [2.24, 2.45) is 11.8 Å². The van der Waals surface area contributed by atoms with Gasteiger partial charge < -0.3 is 4.74 Å². The SMILES string of the molecule is O=C1[C@@H]2[C@H](c3cccc(Br)c3)OC3(C(=O)c4ccccc4C3=O)[C@H]2C(=O)N1c1ccc(Cl)cc1. The zero-order valence-corrected chi connectivity index (χ0v) is 19.7. The highest BCUT2D eigenvalue weighted by molar-refractivity contribution is 9.10. The molecular formula is C26H15BrClNO5. The maximum Gasteiger partial charge on any atom is 0.241 e. The molecule has 3 aromatic rings. The summed E-state index contributed by atoms with van der Waals surface area (Å²) >= 11 is 9.41. The Morgan fingerprint density at radius 2 is 1.47 bits per heavy atom. The van der Waals surface area contributed by atoms with E-state index in [1.807, 2.05) is 6.07 Å². The van der Waals surface area contributed by atoms with Crippen LogP contribution in [0.4, 0.5) is 5.69 Å². The van der Waals surface area contributed by atoms with Crippen molar-refractivity contribution in [1.29, 1.82) is 0 Å². The third kappa shape index (κ3) is 2.72. The average molecular weight is 537 g/mol. The minimum Gasteiger partial charge on any atom is -0.349 e. The number of rotatable bonds is 2. The van der Waals surface area contributed by atoms with Crippen LogP contribution in [0.3, 0.4) is 0 Å². The molecule has 3 atom stereocenters. The Balaban J connectivity index is 1.55. The fourth-order valence-corrected chi connectivity index (χ4v) is 5.89. The van der Waals surface area contributed by atoms with Gasteiger partial charge in [-0.3, -0.25) is 19.2 Å². The number of amides is 2. The van der Waals surface area contributed by atoms with E-state index in [0.717, 1.165) is 9.37 Å². The van der Waals surface area contributed by atoms with Crippen LogP contribution in [0.2, 0.25) is 5.02 Å². The third-order valence-corrected chi connectivity index (χ3v) is 7.53. The van der Waals surface area contributed by atoms with Gasteiger partial charge in [0.25, 0.3) is 0 Å². The molecule has 0 radical (unpaired) electrons. The van der Waals surface area contributed by atoms with Crippen LogP contribution >= 0.6 is 27.5 Å². The normalized spacial score (nSPS) is 24.8. The largest absolute Gasteiger partial charge is 0.349 e. The van der Waals surface area contributed by atoms with Gasteiger partial charge in [0.1, 0.15) is 0 Å². The summed E-state index contributed by atoms with van der Waals surface area (Å²) in [6, 6.07) is 19.8. The standard InChI is InChI=1S/C26H15BrClNO5/c27-14-5-3-4-13(12-14)21-19-20(25(33)29(24(19)32)16-10-8-15(28)9-11-16)26(34-21)22(30)17-6-1-2-7-18(17)23(26)31/h1-12,19-21H/t19-,20+,21-/m0/s1. The first-order valence-electron chi connectivity index (χ1n) is 10.6. The molecule has 0 aromatic heterocycles. The Hall–Kier alpha value is -3.13. The molecule has 2 amide bonds. The van der Waals surface area contributed by atoms with Gasteiger partial charge in [0, 0.05) is 20.6 Å². The Bertz CT molecular complexity index is 1380. The summed E-state index contributed by atoms with van der Waals surface area (Å²) in [6.07, 6.45) is -0.960. The van der Waals surface area contributed by atoms with Gasteiger partial charge in [0.05, 0.1) is 23.6 Å². The number of benzene rings is 3. The smallest absolute Gasteiger partial charge is 0.241 e. The van der Waals surface area contributed by atoms with Gasteiger partial charge in [-0.05, 0) is 42.0 Å². The minimum absolute atomic E-state index is 0.200. The topological polar surface area (TPSA) is 80.8 Å².